The molecule has 0 radical (unpaired) electrons. The maximum atomic E-state index is 12.5. The lowest BCUT2D eigenvalue weighted by Crippen LogP contribution is -2.68. The summed E-state index contributed by atoms with van der Waals surface area (Å²) < 4.78 is 34.9. The summed E-state index contributed by atoms with van der Waals surface area (Å²) in [6.07, 6.45) is 2.11. The van der Waals surface area contributed by atoms with Gasteiger partial charge in [-0.05, 0) is 13.3 Å². The molecular formula is C14H21N3O4S. The van der Waals surface area contributed by atoms with E-state index in [1.54, 1.807) is 13.2 Å². The molecule has 3 rings (SSSR count). The SMILES string of the molecule is CCOC[C@@H]1CCS(=O)(=O)C12CN(c1cc(OC)ncn1)C2. The van der Waals surface area contributed by atoms with Crippen LogP contribution in [0.15, 0.2) is 12.4 Å². The Hall–Kier alpha value is -1.41. The van der Waals surface area contributed by atoms with Crippen molar-refractivity contribution in [2.24, 2.45) is 5.92 Å². The highest BCUT2D eigenvalue weighted by Gasteiger charge is 2.61. The van der Waals surface area contributed by atoms with Crippen LogP contribution in [0.1, 0.15) is 13.3 Å². The number of methoxy groups -OCH3 is 1. The third-order valence-corrected chi connectivity index (χ3v) is 7.30. The third kappa shape index (κ3) is 2.34. The summed E-state index contributed by atoms with van der Waals surface area (Å²) in [5, 5.41) is 0. The molecule has 1 spiro atoms. The summed E-state index contributed by atoms with van der Waals surface area (Å²) in [6, 6.07) is 1.73. The van der Waals surface area contributed by atoms with Gasteiger partial charge in [0.15, 0.2) is 9.84 Å². The van der Waals surface area contributed by atoms with Crippen LogP contribution in [0.25, 0.3) is 0 Å². The van der Waals surface area contributed by atoms with E-state index in [2.05, 4.69) is 9.97 Å². The normalized spacial score (nSPS) is 25.2. The molecule has 0 saturated carbocycles. The van der Waals surface area contributed by atoms with Crippen LogP contribution < -0.4 is 9.64 Å². The van der Waals surface area contributed by atoms with Crippen molar-refractivity contribution >= 4 is 15.7 Å². The molecule has 2 aliphatic heterocycles. The Labute approximate surface area is 130 Å². The highest BCUT2D eigenvalue weighted by molar-refractivity contribution is 7.93. The fraction of sp³-hybridized carbons (Fsp3) is 0.714. The molecule has 2 fully saturated rings. The molecule has 8 heteroatoms. The molecule has 2 aliphatic rings. The Morgan fingerprint density at radius 2 is 2.18 bits per heavy atom. The molecule has 1 aromatic rings. The van der Waals surface area contributed by atoms with E-state index in [1.165, 1.54) is 6.33 Å². The lowest BCUT2D eigenvalue weighted by atomic mass is 9.83. The Morgan fingerprint density at radius 3 is 2.86 bits per heavy atom. The highest BCUT2D eigenvalue weighted by Crippen LogP contribution is 2.46. The molecule has 0 bridgehead atoms. The second kappa shape index (κ2) is 5.66. The fourth-order valence-corrected chi connectivity index (χ4v) is 5.74. The number of nitrogens with zero attached hydrogens (tertiary/aromatic N) is 3. The fourth-order valence-electron chi connectivity index (χ4n) is 3.34. The molecule has 0 aliphatic carbocycles. The van der Waals surface area contributed by atoms with Gasteiger partial charge in [0, 0.05) is 31.7 Å². The number of rotatable bonds is 5. The van der Waals surface area contributed by atoms with Gasteiger partial charge in [-0.2, -0.15) is 0 Å². The lowest BCUT2D eigenvalue weighted by Gasteiger charge is -2.50. The zero-order valence-electron chi connectivity index (χ0n) is 12.9. The molecule has 3 heterocycles. The second-order valence-corrected chi connectivity index (χ2v) is 8.25. The predicted octanol–water partition coefficient (Wildman–Crippen LogP) is 0.515. The molecule has 7 nitrogen and oxygen atoms in total. The minimum atomic E-state index is -3.08. The summed E-state index contributed by atoms with van der Waals surface area (Å²) in [7, 11) is -1.54. The van der Waals surface area contributed by atoms with Crippen molar-refractivity contribution in [2.45, 2.75) is 18.1 Å². The van der Waals surface area contributed by atoms with Crippen LogP contribution in [0.5, 0.6) is 5.88 Å². The van der Waals surface area contributed by atoms with Crippen LogP contribution in [-0.4, -0.2) is 62.3 Å². The Bertz CT molecular complexity index is 643. The van der Waals surface area contributed by atoms with E-state index < -0.39 is 14.6 Å². The van der Waals surface area contributed by atoms with Gasteiger partial charge >= 0.3 is 0 Å². The summed E-state index contributed by atoms with van der Waals surface area (Å²) >= 11 is 0. The van der Waals surface area contributed by atoms with E-state index in [0.29, 0.717) is 44.4 Å². The maximum Gasteiger partial charge on any atom is 0.218 e. The lowest BCUT2D eigenvalue weighted by molar-refractivity contribution is 0.0889. The predicted molar refractivity (Wildman–Crippen MR) is 81.9 cm³/mol. The van der Waals surface area contributed by atoms with E-state index in [4.69, 9.17) is 9.47 Å². The third-order valence-electron chi connectivity index (χ3n) is 4.70. The first kappa shape index (κ1) is 15.5. The first-order valence-electron chi connectivity index (χ1n) is 7.43. The zero-order chi connectivity index (χ0) is 15.8. The molecule has 122 valence electrons. The first-order chi connectivity index (χ1) is 10.5. The number of hydrogen-bond donors (Lipinski definition) is 0. The molecule has 0 amide bonds. The summed E-state index contributed by atoms with van der Waals surface area (Å²) in [6.45, 7) is 3.98. The van der Waals surface area contributed by atoms with Crippen molar-refractivity contribution in [1.82, 2.24) is 9.97 Å². The van der Waals surface area contributed by atoms with Gasteiger partial charge in [-0.1, -0.05) is 0 Å². The molecule has 22 heavy (non-hydrogen) atoms. The van der Waals surface area contributed by atoms with Crippen LogP contribution in [0.3, 0.4) is 0 Å². The van der Waals surface area contributed by atoms with Gasteiger partial charge in [-0.3, -0.25) is 0 Å². The van der Waals surface area contributed by atoms with Crippen molar-refractivity contribution in [3.05, 3.63) is 12.4 Å². The van der Waals surface area contributed by atoms with Crippen LogP contribution in [-0.2, 0) is 14.6 Å². The van der Waals surface area contributed by atoms with E-state index in [9.17, 15) is 8.42 Å². The maximum absolute atomic E-state index is 12.5. The number of sulfone groups is 1. The average molecular weight is 327 g/mol. The van der Waals surface area contributed by atoms with E-state index in [0.717, 1.165) is 0 Å². The highest BCUT2D eigenvalue weighted by atomic mass is 32.2. The van der Waals surface area contributed by atoms with Crippen molar-refractivity contribution < 1.29 is 17.9 Å². The van der Waals surface area contributed by atoms with Gasteiger partial charge < -0.3 is 14.4 Å². The quantitative estimate of drug-likeness (QED) is 0.779. The molecule has 0 aromatic carbocycles. The minimum absolute atomic E-state index is 0.0671. The smallest absolute Gasteiger partial charge is 0.218 e. The van der Waals surface area contributed by atoms with Gasteiger partial charge in [0.1, 0.15) is 16.9 Å². The molecule has 1 aromatic heterocycles. The minimum Gasteiger partial charge on any atom is -0.481 e. The Balaban J connectivity index is 1.78. The number of hydrogen-bond acceptors (Lipinski definition) is 7. The average Bonchev–Trinajstić information content (AvgIpc) is 2.74. The van der Waals surface area contributed by atoms with Crippen molar-refractivity contribution in [3.8, 4) is 5.88 Å². The summed E-state index contributed by atoms with van der Waals surface area (Å²) in [5.41, 5.74) is 0. The van der Waals surface area contributed by atoms with Gasteiger partial charge in [0.05, 0.1) is 19.5 Å². The largest absolute Gasteiger partial charge is 0.481 e. The van der Waals surface area contributed by atoms with Gasteiger partial charge in [-0.25, -0.2) is 18.4 Å². The molecule has 0 unspecified atom stereocenters. The number of anilines is 1. The van der Waals surface area contributed by atoms with Crippen LogP contribution in [0, 0.1) is 5.92 Å². The van der Waals surface area contributed by atoms with Crippen molar-refractivity contribution in [3.63, 3.8) is 0 Å². The second-order valence-electron chi connectivity index (χ2n) is 5.80. The zero-order valence-corrected chi connectivity index (χ0v) is 13.7. The van der Waals surface area contributed by atoms with Crippen LogP contribution in [0.4, 0.5) is 5.82 Å². The van der Waals surface area contributed by atoms with Crippen LogP contribution >= 0.6 is 0 Å². The molecule has 2 saturated heterocycles. The van der Waals surface area contributed by atoms with Crippen molar-refractivity contribution in [1.29, 1.82) is 0 Å². The van der Waals surface area contributed by atoms with E-state index in [1.807, 2.05) is 11.8 Å². The number of ether oxygens (including phenoxy) is 2. The van der Waals surface area contributed by atoms with Gasteiger partial charge in [0.2, 0.25) is 5.88 Å². The number of aromatic nitrogens is 2. The Morgan fingerprint density at radius 1 is 1.41 bits per heavy atom. The first-order valence-corrected chi connectivity index (χ1v) is 9.08. The van der Waals surface area contributed by atoms with E-state index >= 15 is 0 Å². The standard InChI is InChI=1S/C14H21N3O4S/c1-3-21-7-11-4-5-22(18,19)14(11)8-17(9-14)12-6-13(20-2)16-10-15-12/h6,10-11H,3-5,7-9H2,1-2H3/t11-/m0/s1. The van der Waals surface area contributed by atoms with Gasteiger partial charge in [0.25, 0.3) is 0 Å². The van der Waals surface area contributed by atoms with Gasteiger partial charge in [-0.15, -0.1) is 0 Å². The van der Waals surface area contributed by atoms with E-state index in [-0.39, 0.29) is 11.7 Å². The Kier molecular flexibility index (Phi) is 3.98. The molecule has 1 atom stereocenters. The molecular weight excluding hydrogens is 306 g/mol. The molecule has 0 N–H and O–H groups in total. The topological polar surface area (TPSA) is 81.6 Å². The summed E-state index contributed by atoms with van der Waals surface area (Å²) in [5.74, 6) is 1.50. The summed E-state index contributed by atoms with van der Waals surface area (Å²) in [4.78, 5) is 10.1. The van der Waals surface area contributed by atoms with Crippen LogP contribution in [0.2, 0.25) is 0 Å². The monoisotopic (exact) mass is 327 g/mol. The van der Waals surface area contributed by atoms with Crippen molar-refractivity contribution in [2.75, 3.05) is 44.1 Å².